The zero-order chi connectivity index (χ0) is 31.4. The number of carbonyl (C=O) groups excluding carboxylic acids is 1. The number of halogens is 1. The topological polar surface area (TPSA) is 142 Å². The fourth-order valence-corrected chi connectivity index (χ4v) is 5.24. The molecule has 0 unspecified atom stereocenters. The van der Waals surface area contributed by atoms with Crippen LogP contribution >= 0.6 is 11.3 Å². The summed E-state index contributed by atoms with van der Waals surface area (Å²) in [6, 6.07) is 4.03. The third kappa shape index (κ3) is 8.33. The van der Waals surface area contributed by atoms with Crippen molar-refractivity contribution in [1.29, 1.82) is 0 Å². The second kappa shape index (κ2) is 16.5. The van der Waals surface area contributed by atoms with Gasteiger partial charge in [0.1, 0.15) is 27.9 Å². The molecular formula is C28H39FN6O6S. The van der Waals surface area contributed by atoms with Gasteiger partial charge in [0.05, 0.1) is 38.1 Å². The lowest BCUT2D eigenvalue weighted by Crippen LogP contribution is -2.44. The van der Waals surface area contributed by atoms with Crippen LogP contribution in [0, 0.1) is 12.7 Å². The standard InChI is InChI=1S/C23H25FN6O4S.C3H8O2.C2H6/c1-13(2)27-18(31)12-29-20(32)19-14(3)21(30-25-8-9-26-30)35-22(19)28(23(29)33)10-7-15-11-16(24)5-6-17(15)34-4;1-5-3-2-4;1-2/h5-6,8-9,11,13H,7,10,12H2,1-4H3,(H,27,31);4H,2-3H2,1H3;1-2H3. The highest BCUT2D eigenvalue weighted by atomic mass is 32.1. The number of ether oxygens (including phenoxy) is 2. The second-order valence-corrected chi connectivity index (χ2v) is 9.98. The molecule has 0 spiro atoms. The molecule has 12 nitrogen and oxygen atoms in total. The second-order valence-electron chi connectivity index (χ2n) is 9.00. The molecule has 2 N–H and O–H groups in total. The van der Waals surface area contributed by atoms with Crippen molar-refractivity contribution >= 4 is 27.5 Å². The Hall–Kier alpha value is -3.88. The monoisotopic (exact) mass is 606 g/mol. The van der Waals surface area contributed by atoms with Crippen LogP contribution in [-0.4, -0.2) is 68.6 Å². The van der Waals surface area contributed by atoms with Crippen LogP contribution in [0.3, 0.4) is 0 Å². The summed E-state index contributed by atoms with van der Waals surface area (Å²) in [5.74, 6) is -0.379. The van der Waals surface area contributed by atoms with Crippen molar-refractivity contribution in [2.45, 2.75) is 60.2 Å². The highest BCUT2D eigenvalue weighted by molar-refractivity contribution is 7.21. The maximum Gasteiger partial charge on any atom is 0.332 e. The number of fused-ring (bicyclic) bond motifs is 1. The van der Waals surface area contributed by atoms with Crippen LogP contribution in [0.15, 0.2) is 40.2 Å². The Morgan fingerprint density at radius 2 is 1.81 bits per heavy atom. The lowest BCUT2D eigenvalue weighted by atomic mass is 10.1. The van der Waals surface area contributed by atoms with Crippen molar-refractivity contribution in [3.05, 3.63) is 68.4 Å². The predicted octanol–water partition coefficient (Wildman–Crippen LogP) is 2.68. The van der Waals surface area contributed by atoms with Gasteiger partial charge >= 0.3 is 5.69 Å². The van der Waals surface area contributed by atoms with Crippen LogP contribution < -0.4 is 21.3 Å². The summed E-state index contributed by atoms with van der Waals surface area (Å²) < 4.78 is 26.0. The average Bonchev–Trinajstić information content (AvgIpc) is 3.61. The van der Waals surface area contributed by atoms with E-state index >= 15 is 0 Å². The molecule has 0 saturated carbocycles. The molecule has 0 aliphatic rings. The molecule has 0 fully saturated rings. The molecule has 14 heteroatoms. The molecule has 1 aromatic carbocycles. The van der Waals surface area contributed by atoms with Gasteiger partial charge in [-0.2, -0.15) is 10.2 Å². The molecule has 3 aromatic heterocycles. The maximum atomic E-state index is 13.9. The summed E-state index contributed by atoms with van der Waals surface area (Å²) in [7, 11) is 3.04. The van der Waals surface area contributed by atoms with Gasteiger partial charge < -0.3 is 19.9 Å². The van der Waals surface area contributed by atoms with E-state index in [2.05, 4.69) is 20.3 Å². The molecule has 4 rings (SSSR count). The van der Waals surface area contributed by atoms with Gasteiger partial charge in [0.15, 0.2) is 0 Å². The van der Waals surface area contributed by atoms with Crippen LogP contribution in [0.4, 0.5) is 4.39 Å². The van der Waals surface area contributed by atoms with Crippen molar-refractivity contribution in [1.82, 2.24) is 29.4 Å². The van der Waals surface area contributed by atoms with Gasteiger partial charge in [0, 0.05) is 25.3 Å². The molecule has 1 amide bonds. The van der Waals surface area contributed by atoms with Crippen molar-refractivity contribution in [3.8, 4) is 10.8 Å². The normalized spacial score (nSPS) is 10.6. The number of aryl methyl sites for hydroxylation is 3. The molecule has 0 radical (unpaired) electrons. The number of hydrogen-bond donors (Lipinski definition) is 2. The average molecular weight is 607 g/mol. The van der Waals surface area contributed by atoms with E-state index in [1.165, 1.54) is 58.4 Å². The quantitative estimate of drug-likeness (QED) is 0.281. The zero-order valence-electron chi connectivity index (χ0n) is 25.0. The molecule has 3 heterocycles. The number of amides is 1. The highest BCUT2D eigenvalue weighted by Gasteiger charge is 2.23. The minimum Gasteiger partial charge on any atom is -0.496 e. The van der Waals surface area contributed by atoms with Gasteiger partial charge in [0.25, 0.3) is 5.56 Å². The summed E-state index contributed by atoms with van der Waals surface area (Å²) in [4.78, 5) is 41.2. The van der Waals surface area contributed by atoms with Gasteiger partial charge in [-0.3, -0.25) is 18.7 Å². The van der Waals surface area contributed by atoms with E-state index in [4.69, 9.17) is 9.84 Å². The number of methoxy groups -OCH3 is 2. The van der Waals surface area contributed by atoms with E-state index in [1.807, 2.05) is 13.8 Å². The third-order valence-corrected chi connectivity index (χ3v) is 7.04. The fourth-order valence-electron chi connectivity index (χ4n) is 4.01. The summed E-state index contributed by atoms with van der Waals surface area (Å²) in [5.41, 5.74) is -0.0138. The molecular weight excluding hydrogens is 567 g/mol. The van der Waals surface area contributed by atoms with Gasteiger partial charge in [0.2, 0.25) is 5.91 Å². The van der Waals surface area contributed by atoms with E-state index in [1.54, 1.807) is 27.9 Å². The van der Waals surface area contributed by atoms with Gasteiger partial charge in [-0.25, -0.2) is 9.18 Å². The number of nitrogens with zero attached hydrogens (tertiary/aromatic N) is 5. The largest absolute Gasteiger partial charge is 0.496 e. The highest BCUT2D eigenvalue weighted by Crippen LogP contribution is 2.30. The molecule has 0 aliphatic heterocycles. The van der Waals surface area contributed by atoms with E-state index in [9.17, 15) is 18.8 Å². The molecule has 0 bridgehead atoms. The van der Waals surface area contributed by atoms with E-state index in [0.717, 1.165) is 4.57 Å². The number of benzene rings is 1. The fraction of sp³-hybridized carbons (Fsp3) is 0.464. The van der Waals surface area contributed by atoms with Crippen LogP contribution in [0.25, 0.3) is 15.2 Å². The number of aliphatic hydroxyl groups is 1. The Labute approximate surface area is 247 Å². The lowest BCUT2D eigenvalue weighted by molar-refractivity contribution is -0.122. The Kier molecular flexibility index (Phi) is 13.5. The Morgan fingerprint density at radius 1 is 1.14 bits per heavy atom. The number of nitrogens with one attached hydrogen (secondary N) is 1. The lowest BCUT2D eigenvalue weighted by Gasteiger charge is -2.14. The van der Waals surface area contributed by atoms with E-state index < -0.39 is 29.5 Å². The number of aromatic nitrogens is 5. The van der Waals surface area contributed by atoms with Gasteiger partial charge in [-0.05, 0) is 51.0 Å². The first-order valence-electron chi connectivity index (χ1n) is 13.5. The summed E-state index contributed by atoms with van der Waals surface area (Å²) in [6.07, 6.45) is 3.29. The van der Waals surface area contributed by atoms with Crippen molar-refractivity contribution in [3.63, 3.8) is 0 Å². The molecule has 0 aliphatic carbocycles. The van der Waals surface area contributed by atoms with E-state index in [0.29, 0.717) is 38.7 Å². The number of hydrogen-bond acceptors (Lipinski definition) is 9. The van der Waals surface area contributed by atoms with E-state index in [-0.39, 0.29) is 25.6 Å². The smallest absolute Gasteiger partial charge is 0.332 e. The predicted molar refractivity (Wildman–Crippen MR) is 160 cm³/mol. The third-order valence-electron chi connectivity index (χ3n) is 5.76. The minimum atomic E-state index is -0.627. The summed E-state index contributed by atoms with van der Waals surface area (Å²) >= 11 is 1.20. The first-order chi connectivity index (χ1) is 20.1. The number of thiophene rings is 1. The minimum absolute atomic E-state index is 0.122. The number of rotatable bonds is 10. The first kappa shape index (κ1) is 34.3. The van der Waals surface area contributed by atoms with Gasteiger partial charge in [-0.15, -0.1) is 4.80 Å². The Bertz CT molecular complexity index is 1560. The summed E-state index contributed by atoms with van der Waals surface area (Å²) in [6.45, 7) is 9.62. The maximum absolute atomic E-state index is 13.9. The van der Waals surface area contributed by atoms with Gasteiger partial charge in [-0.1, -0.05) is 25.2 Å². The SMILES string of the molecule is CC.COCCO.COc1ccc(F)cc1CCn1c(=O)n(CC(=O)NC(C)C)c(=O)c2c(C)c(-n3nccn3)sc21. The molecule has 0 atom stereocenters. The molecule has 230 valence electrons. The zero-order valence-corrected chi connectivity index (χ0v) is 25.8. The molecule has 42 heavy (non-hydrogen) atoms. The molecule has 4 aromatic rings. The van der Waals surface area contributed by atoms with Crippen LogP contribution in [0.5, 0.6) is 5.75 Å². The first-order valence-corrected chi connectivity index (χ1v) is 14.3. The van der Waals surface area contributed by atoms with Crippen molar-refractivity contribution in [2.75, 3.05) is 27.4 Å². The van der Waals surface area contributed by atoms with Crippen LogP contribution in [0.2, 0.25) is 0 Å². The molecule has 0 saturated heterocycles. The van der Waals surface area contributed by atoms with Crippen LogP contribution in [0.1, 0.15) is 38.8 Å². The Morgan fingerprint density at radius 3 is 2.36 bits per heavy atom. The Balaban J connectivity index is 0.000000797. The van der Waals surface area contributed by atoms with Crippen molar-refractivity contribution in [2.24, 2.45) is 0 Å². The summed E-state index contributed by atoms with van der Waals surface area (Å²) in [5, 5.41) is 19.8. The number of aliphatic hydroxyl groups excluding tert-OH is 1. The number of carbonyl (C=O) groups is 1. The van der Waals surface area contributed by atoms with Crippen LogP contribution in [-0.2, 0) is 29.0 Å². The van der Waals surface area contributed by atoms with Crippen molar-refractivity contribution < 1.29 is 23.8 Å².